The van der Waals surface area contributed by atoms with E-state index in [-0.39, 0.29) is 20.1 Å². The van der Waals surface area contributed by atoms with Crippen LogP contribution in [-0.4, -0.2) is 9.79 Å². The fraction of sp³-hybridized carbons (Fsp3) is 0. The molecule has 0 aliphatic carbocycles. The summed E-state index contributed by atoms with van der Waals surface area (Å²) in [5.41, 5.74) is 0. The van der Waals surface area contributed by atoms with Gasteiger partial charge in [-0.05, 0) is 9.13 Å². The molecule has 0 aromatic carbocycles. The molecule has 0 aromatic heterocycles. The van der Waals surface area contributed by atoms with E-state index >= 15 is 0 Å². The third-order valence-electron chi connectivity index (χ3n) is 0. The Balaban J connectivity index is -0.0000000400. The average Bonchev–Trinajstić information content (AvgIpc) is 1.39. The molecule has 0 aliphatic rings. The first-order valence-electron chi connectivity index (χ1n) is 0.855. The van der Waals surface area contributed by atoms with E-state index in [2.05, 4.69) is 0 Å². The van der Waals surface area contributed by atoms with Crippen molar-refractivity contribution >= 4 is 17.4 Å². The van der Waals surface area contributed by atoms with Crippen LogP contribution >= 0.6 is 17.4 Å². The third-order valence-corrected chi connectivity index (χ3v) is 0. The predicted octanol–water partition coefficient (Wildman–Crippen LogP) is -0.167. The van der Waals surface area contributed by atoms with E-state index in [0.717, 1.165) is 0 Å². The Labute approximate surface area is 56.9 Å². The summed E-state index contributed by atoms with van der Waals surface area (Å²) in [4.78, 5) is 14.1. The van der Waals surface area contributed by atoms with Crippen LogP contribution in [0.15, 0.2) is 0 Å². The first kappa shape index (κ1) is 15.7. The molecule has 1 radical (unpaired) electrons. The second-order valence-electron chi connectivity index (χ2n) is 0.183. The van der Waals surface area contributed by atoms with Crippen molar-refractivity contribution in [2.75, 3.05) is 0 Å². The van der Waals surface area contributed by atoms with Crippen LogP contribution < -0.4 is 0 Å². The van der Waals surface area contributed by atoms with Crippen LogP contribution in [0.3, 0.4) is 0 Å². The molecule has 7 heavy (non-hydrogen) atoms. The first-order chi connectivity index (χ1) is 2.83. The van der Waals surface area contributed by atoms with Gasteiger partial charge in [-0.2, -0.15) is 9.79 Å². The summed E-state index contributed by atoms with van der Waals surface area (Å²) in [7, 11) is -2.33. The van der Waals surface area contributed by atoms with E-state index in [4.69, 9.17) is 18.9 Å². The molecule has 2 atom stereocenters. The maximum absolute atomic E-state index is 8.51. The second kappa shape index (κ2) is 29.4. The molecule has 0 amide bonds. The normalized spacial score (nSPS) is 6.00. The van der Waals surface area contributed by atoms with E-state index in [1.807, 2.05) is 0 Å². The molecule has 7 heteroatoms. The molecule has 0 aromatic rings. The fourth-order valence-corrected chi connectivity index (χ4v) is 0. The minimum atomic E-state index is -1.17. The van der Waals surface area contributed by atoms with Crippen LogP contribution in [0.4, 0.5) is 0 Å². The summed E-state index contributed by atoms with van der Waals surface area (Å²) in [6, 6.07) is 0. The quantitative estimate of drug-likeness (QED) is 0.608. The van der Waals surface area contributed by atoms with Crippen molar-refractivity contribution < 1.29 is 39.0 Å². The number of rotatable bonds is 0. The third kappa shape index (κ3) is 260. The summed E-state index contributed by atoms with van der Waals surface area (Å²) >= 11 is 0. The first-order valence-corrected chi connectivity index (χ1v) is 2.57. The Bertz CT molecular complexity index is 30.7. The van der Waals surface area contributed by atoms with Gasteiger partial charge in [-0.1, -0.05) is 0 Å². The van der Waals surface area contributed by atoms with Gasteiger partial charge in [-0.25, -0.2) is 0 Å². The van der Waals surface area contributed by atoms with Crippen LogP contribution in [-0.2, 0) is 29.2 Å². The largest absolute Gasteiger partial charge is 0.491 e. The van der Waals surface area contributed by atoms with Gasteiger partial charge in [-0.15, -0.1) is 0 Å². The molecular weight excluding hydrogens is 318 g/mol. The molecule has 0 heterocycles. The molecule has 0 saturated heterocycles. The summed E-state index contributed by atoms with van der Waals surface area (Å²) < 4.78 is 17.0. The van der Waals surface area contributed by atoms with Gasteiger partial charge in [0.05, 0.1) is 0 Å². The van der Waals surface area contributed by atoms with Crippen LogP contribution in [0.1, 0.15) is 0 Å². The molecule has 0 fully saturated rings. The monoisotopic (exact) mass is 323 g/mol. The van der Waals surface area contributed by atoms with Crippen LogP contribution in [0, 0.1) is 0 Å². The zero-order valence-electron chi connectivity index (χ0n) is 3.04. The van der Waals surface area contributed by atoms with Gasteiger partial charge in [0.15, 0.2) is 0 Å². The van der Waals surface area contributed by atoms with Gasteiger partial charge >= 0.3 is 17.4 Å². The zero-order chi connectivity index (χ0) is 5.41. The topological polar surface area (TPSA) is 74.6 Å². The molecule has 0 spiro atoms. The molecule has 0 bridgehead atoms. The van der Waals surface area contributed by atoms with Crippen molar-refractivity contribution in [1.82, 2.24) is 0 Å². The van der Waals surface area contributed by atoms with E-state index < -0.39 is 17.4 Å². The summed E-state index contributed by atoms with van der Waals surface area (Å²) in [6.07, 6.45) is 0. The molecule has 45 valence electrons. The fourth-order valence-electron chi connectivity index (χ4n) is 0. The Morgan fingerprint density at radius 2 is 1.00 bits per heavy atom. The molecule has 0 rings (SSSR count). The van der Waals surface area contributed by atoms with E-state index in [1.54, 1.807) is 0 Å². The maximum Gasteiger partial charge on any atom is 0.491 e. The van der Waals surface area contributed by atoms with Gasteiger partial charge in [0.2, 0.25) is 0 Å². The van der Waals surface area contributed by atoms with Crippen molar-refractivity contribution in [3.63, 3.8) is 0 Å². The van der Waals surface area contributed by atoms with Gasteiger partial charge in [0, 0.05) is 20.1 Å². The average molecular weight is 322 g/mol. The SMILES string of the molecule is O=[PH+]O.O=[PH+]O.[Ir]. The van der Waals surface area contributed by atoms with Crippen molar-refractivity contribution in [2.45, 2.75) is 0 Å². The Kier molecular flexibility index (Phi) is 65.7. The van der Waals surface area contributed by atoms with E-state index in [0.29, 0.717) is 0 Å². The molecule has 2 unspecified atom stereocenters. The Morgan fingerprint density at radius 3 is 1.00 bits per heavy atom. The maximum atomic E-state index is 8.51. The van der Waals surface area contributed by atoms with Crippen molar-refractivity contribution in [3.8, 4) is 0 Å². The van der Waals surface area contributed by atoms with Gasteiger partial charge in [-0.3, -0.25) is 0 Å². The van der Waals surface area contributed by atoms with Gasteiger partial charge in [0.25, 0.3) is 0 Å². The van der Waals surface area contributed by atoms with Crippen LogP contribution in [0.5, 0.6) is 0 Å². The molecule has 0 aliphatic heterocycles. The standard InChI is InChI=1S/Ir.2HO2P/c;2*1-3-2/h;2*3H/p+2. The van der Waals surface area contributed by atoms with Crippen LogP contribution in [0.2, 0.25) is 0 Å². The van der Waals surface area contributed by atoms with Crippen LogP contribution in [0.25, 0.3) is 0 Å². The summed E-state index contributed by atoms with van der Waals surface area (Å²) in [5, 5.41) is 0. The van der Waals surface area contributed by atoms with Crippen molar-refractivity contribution in [1.29, 1.82) is 0 Å². The van der Waals surface area contributed by atoms with Crippen molar-refractivity contribution in [3.05, 3.63) is 0 Å². The van der Waals surface area contributed by atoms with Gasteiger partial charge < -0.3 is 0 Å². The van der Waals surface area contributed by atoms with E-state index in [9.17, 15) is 0 Å². The van der Waals surface area contributed by atoms with Gasteiger partial charge in [0.1, 0.15) is 0 Å². The molecule has 2 N–H and O–H groups in total. The minimum Gasteiger partial charge on any atom is -0.162 e. The minimum absolute atomic E-state index is 0. The predicted molar refractivity (Wildman–Crippen MR) is 22.4 cm³/mol. The number of hydrogen-bond donors (Lipinski definition) is 2. The molecule has 0 saturated carbocycles. The summed E-state index contributed by atoms with van der Waals surface area (Å²) in [5.74, 6) is 0. The van der Waals surface area contributed by atoms with Crippen molar-refractivity contribution in [2.24, 2.45) is 0 Å². The summed E-state index contributed by atoms with van der Waals surface area (Å²) in [6.45, 7) is 0. The number of hydrogen-bond acceptors (Lipinski definition) is 2. The molecular formula is H4IrO4P2+2. The second-order valence-corrected chi connectivity index (χ2v) is 0.548. The zero-order valence-corrected chi connectivity index (χ0v) is 7.44. The van der Waals surface area contributed by atoms with E-state index in [1.165, 1.54) is 0 Å². The molecule has 4 nitrogen and oxygen atoms in total. The smallest absolute Gasteiger partial charge is 0.162 e. The Morgan fingerprint density at radius 1 is 1.00 bits per heavy atom. The Hall–Kier alpha value is 0.769.